The zero-order valence-electron chi connectivity index (χ0n) is 26.9. The lowest BCUT2D eigenvalue weighted by Gasteiger charge is -2.39. The van der Waals surface area contributed by atoms with Gasteiger partial charge < -0.3 is 26.6 Å². The lowest BCUT2D eigenvalue weighted by atomic mass is 9.95. The topological polar surface area (TPSA) is 81.0 Å². The van der Waals surface area contributed by atoms with Gasteiger partial charge in [0.05, 0.1) is 6.54 Å². The first-order valence-corrected chi connectivity index (χ1v) is 17.0. The molecular formula is C35H59N7. The summed E-state index contributed by atoms with van der Waals surface area (Å²) in [4.78, 5) is 10.1. The summed E-state index contributed by atoms with van der Waals surface area (Å²) in [6.45, 7) is 16.3. The Balaban J connectivity index is 1.18. The van der Waals surface area contributed by atoms with Crippen LogP contribution in [0.3, 0.4) is 0 Å². The van der Waals surface area contributed by atoms with Crippen molar-refractivity contribution in [3.63, 3.8) is 0 Å². The molecule has 0 aromatic heterocycles. The van der Waals surface area contributed by atoms with Crippen molar-refractivity contribution in [3.05, 3.63) is 58.6 Å². The normalized spacial score (nSPS) is 20.5. The SMILES string of the molecule is CCC(CC)CN1CCN(C2=C(C)CCC(=NCc3ccc(CNCCCNC4CCCCC4)cc3)NC(N)=C2)CC1. The first-order chi connectivity index (χ1) is 20.5. The number of nitrogens with one attached hydrogen (secondary N) is 3. The second-order valence-electron chi connectivity index (χ2n) is 12.8. The van der Waals surface area contributed by atoms with E-state index in [0.29, 0.717) is 12.4 Å². The van der Waals surface area contributed by atoms with E-state index in [4.69, 9.17) is 10.7 Å². The molecule has 234 valence electrons. The van der Waals surface area contributed by atoms with Crippen LogP contribution < -0.4 is 21.7 Å². The summed E-state index contributed by atoms with van der Waals surface area (Å²) >= 11 is 0. The van der Waals surface area contributed by atoms with E-state index in [1.165, 1.54) is 80.3 Å². The Hall–Kier alpha value is -2.35. The van der Waals surface area contributed by atoms with Crippen molar-refractivity contribution in [2.24, 2.45) is 16.6 Å². The van der Waals surface area contributed by atoms with Crippen LogP contribution in [0.4, 0.5) is 0 Å². The Kier molecular flexibility index (Phi) is 13.7. The molecule has 7 heteroatoms. The molecule has 0 radical (unpaired) electrons. The van der Waals surface area contributed by atoms with Crippen molar-refractivity contribution in [3.8, 4) is 0 Å². The van der Waals surface area contributed by atoms with Crippen molar-refractivity contribution in [2.45, 2.75) is 104 Å². The van der Waals surface area contributed by atoms with Crippen molar-refractivity contribution in [1.29, 1.82) is 0 Å². The van der Waals surface area contributed by atoms with E-state index < -0.39 is 0 Å². The number of allylic oxidation sites excluding steroid dienone is 2. The van der Waals surface area contributed by atoms with Crippen LogP contribution in [0, 0.1) is 5.92 Å². The second kappa shape index (κ2) is 17.7. The van der Waals surface area contributed by atoms with E-state index >= 15 is 0 Å². The van der Waals surface area contributed by atoms with E-state index in [-0.39, 0.29) is 0 Å². The summed E-state index contributed by atoms with van der Waals surface area (Å²) < 4.78 is 0. The number of hydrogen-bond donors (Lipinski definition) is 4. The molecule has 1 aromatic rings. The zero-order valence-corrected chi connectivity index (χ0v) is 26.9. The number of rotatable bonds is 14. The van der Waals surface area contributed by atoms with Crippen LogP contribution in [-0.4, -0.2) is 67.5 Å². The van der Waals surface area contributed by atoms with Crippen molar-refractivity contribution in [2.75, 3.05) is 45.8 Å². The Morgan fingerprint density at radius 2 is 1.67 bits per heavy atom. The average Bonchev–Trinajstić information content (AvgIpc) is 3.02. The minimum absolute atomic E-state index is 0.671. The maximum Gasteiger partial charge on any atom is 0.103 e. The molecule has 1 saturated heterocycles. The summed E-state index contributed by atoms with van der Waals surface area (Å²) in [5.41, 5.74) is 11.7. The predicted octanol–water partition coefficient (Wildman–Crippen LogP) is 5.50. The van der Waals surface area contributed by atoms with E-state index in [0.717, 1.165) is 76.5 Å². The molecule has 0 bridgehead atoms. The Morgan fingerprint density at radius 3 is 2.38 bits per heavy atom. The standard InChI is InChI=1S/C35H59N7/c1-4-29(5-2)27-41-20-22-42(23-21-41)33-24-34(36)40-35(17-12-28(33)3)39-26-31-15-13-30(14-16-31)25-37-18-9-19-38-32-10-7-6-8-11-32/h13-16,24,29,32,37-38H,4-12,17-23,25-27,36H2,1-3H3,(H,39,40). The van der Waals surface area contributed by atoms with Crippen LogP contribution in [0.25, 0.3) is 0 Å². The largest absolute Gasteiger partial charge is 0.385 e. The number of hydrogen-bond acceptors (Lipinski definition) is 6. The van der Waals surface area contributed by atoms with Crippen LogP contribution in [0.2, 0.25) is 0 Å². The van der Waals surface area contributed by atoms with Crippen molar-refractivity contribution >= 4 is 5.84 Å². The monoisotopic (exact) mass is 577 g/mol. The fraction of sp³-hybridized carbons (Fsp3) is 0.686. The number of amidine groups is 1. The van der Waals surface area contributed by atoms with E-state index in [1.54, 1.807) is 0 Å². The molecular weight excluding hydrogens is 518 g/mol. The van der Waals surface area contributed by atoms with Gasteiger partial charge >= 0.3 is 0 Å². The van der Waals surface area contributed by atoms with Gasteiger partial charge in [-0.1, -0.05) is 70.2 Å². The van der Waals surface area contributed by atoms with Gasteiger partial charge in [-0.2, -0.15) is 0 Å². The van der Waals surface area contributed by atoms with Gasteiger partial charge in [0, 0.05) is 63.5 Å². The third-order valence-electron chi connectivity index (χ3n) is 9.51. The molecule has 5 N–H and O–H groups in total. The van der Waals surface area contributed by atoms with Crippen LogP contribution in [0.1, 0.15) is 96.1 Å². The van der Waals surface area contributed by atoms with Gasteiger partial charge in [-0.15, -0.1) is 0 Å². The quantitative estimate of drug-likeness (QED) is 0.219. The molecule has 1 saturated carbocycles. The Bertz CT molecular complexity index is 1010. The third-order valence-corrected chi connectivity index (χ3v) is 9.51. The van der Waals surface area contributed by atoms with Crippen LogP contribution in [-0.2, 0) is 13.1 Å². The van der Waals surface area contributed by atoms with Gasteiger partial charge in [-0.25, -0.2) is 0 Å². The van der Waals surface area contributed by atoms with Crippen LogP contribution in [0.5, 0.6) is 0 Å². The Morgan fingerprint density at radius 1 is 0.952 bits per heavy atom. The van der Waals surface area contributed by atoms with E-state index in [2.05, 4.69) is 76.9 Å². The Labute approximate surface area is 256 Å². The molecule has 2 fully saturated rings. The fourth-order valence-electron chi connectivity index (χ4n) is 6.54. The predicted molar refractivity (Wildman–Crippen MR) is 178 cm³/mol. The van der Waals surface area contributed by atoms with Gasteiger partial charge in [0.1, 0.15) is 11.7 Å². The fourth-order valence-corrected chi connectivity index (χ4v) is 6.54. The summed E-state index contributed by atoms with van der Waals surface area (Å²) in [5, 5.41) is 10.7. The summed E-state index contributed by atoms with van der Waals surface area (Å²) in [6, 6.07) is 9.63. The van der Waals surface area contributed by atoms with Crippen molar-refractivity contribution in [1.82, 2.24) is 25.8 Å². The third kappa shape index (κ3) is 10.7. The van der Waals surface area contributed by atoms with Crippen LogP contribution >= 0.6 is 0 Å². The number of piperazine rings is 1. The van der Waals surface area contributed by atoms with Gasteiger partial charge in [0.2, 0.25) is 0 Å². The first kappa shape index (κ1) is 32.6. The highest BCUT2D eigenvalue weighted by molar-refractivity contribution is 5.84. The first-order valence-electron chi connectivity index (χ1n) is 17.0. The summed E-state index contributed by atoms with van der Waals surface area (Å²) in [6.07, 6.45) is 14.7. The molecule has 0 atom stereocenters. The minimum Gasteiger partial charge on any atom is -0.385 e. The highest BCUT2D eigenvalue weighted by atomic mass is 15.3. The highest BCUT2D eigenvalue weighted by Crippen LogP contribution is 2.22. The average molecular weight is 578 g/mol. The molecule has 0 unspecified atom stereocenters. The van der Waals surface area contributed by atoms with E-state index in [1.807, 2.05) is 0 Å². The van der Waals surface area contributed by atoms with Gasteiger partial charge in [0.25, 0.3) is 0 Å². The molecule has 0 amide bonds. The maximum atomic E-state index is 6.47. The van der Waals surface area contributed by atoms with E-state index in [9.17, 15) is 0 Å². The lowest BCUT2D eigenvalue weighted by molar-refractivity contribution is 0.139. The summed E-state index contributed by atoms with van der Waals surface area (Å²) in [7, 11) is 0. The number of benzene rings is 1. The van der Waals surface area contributed by atoms with Crippen LogP contribution in [0.15, 0.2) is 52.4 Å². The molecule has 2 heterocycles. The minimum atomic E-state index is 0.671. The molecule has 1 aliphatic carbocycles. The molecule has 0 spiro atoms. The molecule has 1 aromatic carbocycles. The number of nitrogens with zero attached hydrogens (tertiary/aromatic N) is 3. The molecule has 7 nitrogen and oxygen atoms in total. The summed E-state index contributed by atoms with van der Waals surface area (Å²) in [5.74, 6) is 2.49. The maximum absolute atomic E-state index is 6.47. The highest BCUT2D eigenvalue weighted by Gasteiger charge is 2.22. The molecule has 2 aliphatic heterocycles. The van der Waals surface area contributed by atoms with Gasteiger partial charge in [-0.3, -0.25) is 9.89 Å². The molecule has 42 heavy (non-hydrogen) atoms. The number of aliphatic imine (C=N–C) groups is 1. The van der Waals surface area contributed by atoms with Crippen molar-refractivity contribution < 1.29 is 0 Å². The second-order valence-corrected chi connectivity index (χ2v) is 12.8. The zero-order chi connectivity index (χ0) is 29.6. The lowest BCUT2D eigenvalue weighted by Crippen LogP contribution is -2.47. The molecule has 4 rings (SSSR count). The molecule has 3 aliphatic rings. The van der Waals surface area contributed by atoms with Gasteiger partial charge in [0.15, 0.2) is 0 Å². The smallest absolute Gasteiger partial charge is 0.103 e. The van der Waals surface area contributed by atoms with Gasteiger partial charge in [-0.05, 0) is 68.3 Å². The number of nitrogens with two attached hydrogens (primary N) is 1.